The number of nitrogens with zero attached hydrogens (tertiary/aromatic N) is 1. The van der Waals surface area contributed by atoms with Crippen LogP contribution < -0.4 is 5.48 Å². The first-order chi connectivity index (χ1) is 9.34. The van der Waals surface area contributed by atoms with Gasteiger partial charge in [0.25, 0.3) is 5.91 Å². The summed E-state index contributed by atoms with van der Waals surface area (Å²) in [4.78, 5) is 21.1. The number of aromatic nitrogens is 1. The van der Waals surface area contributed by atoms with Crippen LogP contribution in [0.4, 0.5) is 0 Å². The van der Waals surface area contributed by atoms with Crippen molar-refractivity contribution in [1.82, 2.24) is 10.5 Å². The maximum absolute atomic E-state index is 11.9. The number of rotatable bonds is 4. The number of hydrogen-bond donors (Lipinski definition) is 1. The average Bonchev–Trinajstić information content (AvgIpc) is 2.41. The molecule has 19 heavy (non-hydrogen) atoms. The average molecular weight is 254 g/mol. The topological polar surface area (TPSA) is 51.2 Å². The van der Waals surface area contributed by atoms with Gasteiger partial charge >= 0.3 is 0 Å². The van der Waals surface area contributed by atoms with Gasteiger partial charge in [-0.25, -0.2) is 5.48 Å². The van der Waals surface area contributed by atoms with Crippen LogP contribution in [0.2, 0.25) is 0 Å². The second-order valence-corrected chi connectivity index (χ2v) is 4.57. The van der Waals surface area contributed by atoms with Crippen LogP contribution in [-0.4, -0.2) is 10.9 Å². The maximum atomic E-state index is 11.9. The molecule has 1 amide bonds. The molecule has 1 N–H and O–H groups in total. The van der Waals surface area contributed by atoms with Gasteiger partial charge in [0.05, 0.1) is 5.92 Å². The van der Waals surface area contributed by atoms with Crippen molar-refractivity contribution in [1.29, 1.82) is 0 Å². The molecule has 3 rings (SSSR count). The minimum Gasteiger partial charge on any atom is -0.272 e. The van der Waals surface area contributed by atoms with Crippen LogP contribution in [0, 0.1) is 0 Å². The molecule has 0 fully saturated rings. The standard InChI is InChI=1S/C15H14N2O2/c18-15(14-8-12-5-1-2-6-13(12)14)17-19-10-11-4-3-7-16-9-11/h1-7,9,14H,8,10H2,(H,17,18). The first-order valence-corrected chi connectivity index (χ1v) is 6.23. The number of carbonyl (C=O) groups is 1. The number of nitrogens with one attached hydrogen (secondary N) is 1. The number of hydroxylamine groups is 1. The lowest BCUT2D eigenvalue weighted by atomic mass is 9.77. The fraction of sp³-hybridized carbons (Fsp3) is 0.200. The normalized spacial score (nSPS) is 16.3. The number of carbonyl (C=O) groups excluding carboxylic acids is 1. The van der Waals surface area contributed by atoms with E-state index in [1.807, 2.05) is 30.3 Å². The molecule has 1 aliphatic carbocycles. The van der Waals surface area contributed by atoms with Gasteiger partial charge in [0.1, 0.15) is 6.61 Å². The monoisotopic (exact) mass is 254 g/mol. The lowest BCUT2D eigenvalue weighted by molar-refractivity contribution is -0.136. The molecule has 0 bridgehead atoms. The van der Waals surface area contributed by atoms with Crippen LogP contribution in [0.3, 0.4) is 0 Å². The van der Waals surface area contributed by atoms with Gasteiger partial charge in [-0.1, -0.05) is 30.3 Å². The summed E-state index contributed by atoms with van der Waals surface area (Å²) >= 11 is 0. The summed E-state index contributed by atoms with van der Waals surface area (Å²) in [6.07, 6.45) is 4.20. The quantitative estimate of drug-likeness (QED) is 0.849. The number of amides is 1. The Morgan fingerprint density at radius 1 is 1.32 bits per heavy atom. The van der Waals surface area contributed by atoms with Gasteiger partial charge < -0.3 is 0 Å². The molecule has 0 saturated carbocycles. The van der Waals surface area contributed by atoms with E-state index in [1.54, 1.807) is 12.4 Å². The van der Waals surface area contributed by atoms with Crippen molar-refractivity contribution in [2.24, 2.45) is 0 Å². The Hall–Kier alpha value is -2.20. The Bertz CT molecular complexity index is 584. The van der Waals surface area contributed by atoms with Crippen LogP contribution in [0.5, 0.6) is 0 Å². The predicted octanol–water partition coefficient (Wildman–Crippen LogP) is 1.97. The van der Waals surface area contributed by atoms with Crippen LogP contribution in [0.25, 0.3) is 0 Å². The van der Waals surface area contributed by atoms with Crippen molar-refractivity contribution in [3.63, 3.8) is 0 Å². The van der Waals surface area contributed by atoms with E-state index in [0.717, 1.165) is 17.5 Å². The van der Waals surface area contributed by atoms with E-state index < -0.39 is 0 Å². The Morgan fingerprint density at radius 3 is 3.00 bits per heavy atom. The first kappa shape index (κ1) is 11.9. The molecule has 1 heterocycles. The fourth-order valence-electron chi connectivity index (χ4n) is 2.24. The minimum atomic E-state index is -0.0809. The zero-order valence-electron chi connectivity index (χ0n) is 10.4. The molecule has 0 radical (unpaired) electrons. The first-order valence-electron chi connectivity index (χ1n) is 6.23. The zero-order valence-corrected chi connectivity index (χ0v) is 10.4. The summed E-state index contributed by atoms with van der Waals surface area (Å²) < 4.78 is 0. The Balaban J connectivity index is 1.51. The third-order valence-corrected chi connectivity index (χ3v) is 3.31. The van der Waals surface area contributed by atoms with Crippen molar-refractivity contribution >= 4 is 5.91 Å². The molecule has 1 aliphatic rings. The van der Waals surface area contributed by atoms with Gasteiger partial charge in [-0.05, 0) is 29.2 Å². The van der Waals surface area contributed by atoms with E-state index in [9.17, 15) is 4.79 Å². The van der Waals surface area contributed by atoms with E-state index in [4.69, 9.17) is 4.84 Å². The highest BCUT2D eigenvalue weighted by molar-refractivity contribution is 5.86. The largest absolute Gasteiger partial charge is 0.272 e. The van der Waals surface area contributed by atoms with Crippen molar-refractivity contribution < 1.29 is 9.63 Å². The van der Waals surface area contributed by atoms with E-state index in [2.05, 4.69) is 16.5 Å². The molecule has 1 aromatic carbocycles. The van der Waals surface area contributed by atoms with Crippen LogP contribution in [0.15, 0.2) is 48.8 Å². The van der Waals surface area contributed by atoms with Crippen molar-refractivity contribution in [3.8, 4) is 0 Å². The molecule has 4 nitrogen and oxygen atoms in total. The molecule has 0 spiro atoms. The molecule has 0 aliphatic heterocycles. The second-order valence-electron chi connectivity index (χ2n) is 4.57. The second kappa shape index (κ2) is 5.20. The van der Waals surface area contributed by atoms with Gasteiger partial charge in [-0.2, -0.15) is 0 Å². The van der Waals surface area contributed by atoms with Gasteiger partial charge in [0.15, 0.2) is 0 Å². The summed E-state index contributed by atoms with van der Waals surface area (Å²) in [5, 5.41) is 0. The van der Waals surface area contributed by atoms with Gasteiger partial charge in [0, 0.05) is 12.4 Å². The third-order valence-electron chi connectivity index (χ3n) is 3.31. The number of pyridine rings is 1. The Morgan fingerprint density at radius 2 is 2.21 bits per heavy atom. The third kappa shape index (κ3) is 2.48. The summed E-state index contributed by atoms with van der Waals surface area (Å²) in [5.41, 5.74) is 5.78. The molecular weight excluding hydrogens is 240 g/mol. The van der Waals surface area contributed by atoms with E-state index in [-0.39, 0.29) is 11.8 Å². The van der Waals surface area contributed by atoms with Crippen molar-refractivity contribution in [2.45, 2.75) is 18.9 Å². The number of fused-ring (bicyclic) bond motifs is 1. The molecule has 1 aromatic heterocycles. The lowest BCUT2D eigenvalue weighted by Crippen LogP contribution is -2.35. The summed E-state index contributed by atoms with van der Waals surface area (Å²) in [5.74, 6) is -0.160. The molecule has 1 unspecified atom stereocenters. The molecular formula is C15H14N2O2. The Labute approximate surface area is 111 Å². The summed E-state index contributed by atoms with van der Waals surface area (Å²) in [6.45, 7) is 0.327. The minimum absolute atomic E-state index is 0.0786. The number of hydrogen-bond acceptors (Lipinski definition) is 3. The maximum Gasteiger partial charge on any atom is 0.251 e. The highest BCUT2D eigenvalue weighted by Crippen LogP contribution is 2.34. The van der Waals surface area contributed by atoms with Crippen LogP contribution in [0.1, 0.15) is 22.6 Å². The number of benzene rings is 1. The van der Waals surface area contributed by atoms with Crippen molar-refractivity contribution in [3.05, 3.63) is 65.5 Å². The lowest BCUT2D eigenvalue weighted by Gasteiger charge is -2.28. The molecule has 4 heteroatoms. The van der Waals surface area contributed by atoms with Crippen LogP contribution in [-0.2, 0) is 22.7 Å². The zero-order chi connectivity index (χ0) is 13.1. The van der Waals surface area contributed by atoms with E-state index in [0.29, 0.717) is 6.61 Å². The SMILES string of the molecule is O=C(NOCc1cccnc1)C1Cc2ccccc21. The van der Waals surface area contributed by atoms with Gasteiger partial charge in [0.2, 0.25) is 0 Å². The van der Waals surface area contributed by atoms with Crippen LogP contribution >= 0.6 is 0 Å². The molecule has 0 saturated heterocycles. The smallest absolute Gasteiger partial charge is 0.251 e. The van der Waals surface area contributed by atoms with Gasteiger partial charge in [-0.15, -0.1) is 0 Å². The summed E-state index contributed by atoms with van der Waals surface area (Å²) in [7, 11) is 0. The van der Waals surface area contributed by atoms with E-state index >= 15 is 0 Å². The van der Waals surface area contributed by atoms with Gasteiger partial charge in [-0.3, -0.25) is 14.6 Å². The fourth-order valence-corrected chi connectivity index (χ4v) is 2.24. The van der Waals surface area contributed by atoms with Crippen molar-refractivity contribution in [2.75, 3.05) is 0 Å². The molecule has 1 atom stereocenters. The molecule has 96 valence electrons. The highest BCUT2D eigenvalue weighted by Gasteiger charge is 2.31. The predicted molar refractivity (Wildman–Crippen MR) is 70.1 cm³/mol. The highest BCUT2D eigenvalue weighted by atomic mass is 16.6. The van der Waals surface area contributed by atoms with E-state index in [1.165, 1.54) is 5.56 Å². The molecule has 2 aromatic rings. The summed E-state index contributed by atoms with van der Waals surface area (Å²) in [6, 6.07) is 11.7. The Kier molecular flexibility index (Phi) is 3.25.